The van der Waals surface area contributed by atoms with Gasteiger partial charge in [-0.1, -0.05) is 22.9 Å². The first-order valence-corrected chi connectivity index (χ1v) is 12.1. The third kappa shape index (κ3) is 5.66. The Balaban J connectivity index is 1.63. The number of rotatable bonds is 6. The van der Waals surface area contributed by atoms with Crippen molar-refractivity contribution in [3.8, 4) is 0 Å². The summed E-state index contributed by atoms with van der Waals surface area (Å²) in [4.78, 5) is 14.6. The van der Waals surface area contributed by atoms with Crippen molar-refractivity contribution < 1.29 is 17.6 Å². The summed E-state index contributed by atoms with van der Waals surface area (Å²) in [6, 6.07) is 10.8. The van der Waals surface area contributed by atoms with Crippen molar-refractivity contribution in [2.24, 2.45) is 0 Å². The molecule has 9 heteroatoms. The standard InChI is InChI=1S/C21H25BrFN3O3S/c1-2-16-14-17(22)4-9-20(16)30(28,29)26-11-3-10-25(12-13-26)15-21(27)24-19-7-5-18(23)6-8-19/h4-9,14H,2-3,10-13,15H2,1H3,(H,24,27). The highest BCUT2D eigenvalue weighted by Gasteiger charge is 2.29. The Hall–Kier alpha value is -1.81. The number of nitrogens with zero attached hydrogens (tertiary/aromatic N) is 2. The quantitative estimate of drug-likeness (QED) is 0.662. The van der Waals surface area contributed by atoms with Crippen LogP contribution in [-0.4, -0.2) is 56.3 Å². The van der Waals surface area contributed by atoms with Crippen LogP contribution in [0.1, 0.15) is 18.9 Å². The van der Waals surface area contributed by atoms with Gasteiger partial charge in [-0.3, -0.25) is 9.69 Å². The summed E-state index contributed by atoms with van der Waals surface area (Å²) in [6.07, 6.45) is 1.26. The zero-order valence-electron chi connectivity index (χ0n) is 16.8. The maximum atomic E-state index is 13.2. The van der Waals surface area contributed by atoms with Gasteiger partial charge in [0.2, 0.25) is 15.9 Å². The molecule has 2 aromatic carbocycles. The van der Waals surface area contributed by atoms with E-state index in [2.05, 4.69) is 21.2 Å². The summed E-state index contributed by atoms with van der Waals surface area (Å²) in [5.41, 5.74) is 1.31. The molecule has 1 heterocycles. The van der Waals surface area contributed by atoms with Gasteiger partial charge in [0, 0.05) is 29.8 Å². The zero-order valence-corrected chi connectivity index (χ0v) is 19.2. The number of sulfonamides is 1. The third-order valence-corrected chi connectivity index (χ3v) is 7.56. The Kier molecular flexibility index (Phi) is 7.62. The van der Waals surface area contributed by atoms with Crippen molar-refractivity contribution in [3.05, 3.63) is 58.3 Å². The van der Waals surface area contributed by atoms with Gasteiger partial charge in [0.05, 0.1) is 11.4 Å². The third-order valence-electron chi connectivity index (χ3n) is 5.06. The number of halogens is 2. The molecule has 0 aromatic heterocycles. The van der Waals surface area contributed by atoms with Crippen LogP contribution in [0.2, 0.25) is 0 Å². The number of aryl methyl sites for hydroxylation is 1. The minimum Gasteiger partial charge on any atom is -0.325 e. The normalized spacial score (nSPS) is 16.2. The van der Waals surface area contributed by atoms with Gasteiger partial charge in [-0.15, -0.1) is 0 Å². The van der Waals surface area contributed by atoms with E-state index in [0.29, 0.717) is 49.6 Å². The van der Waals surface area contributed by atoms with E-state index < -0.39 is 10.0 Å². The number of anilines is 1. The molecule has 2 aromatic rings. The van der Waals surface area contributed by atoms with Crippen LogP contribution >= 0.6 is 15.9 Å². The van der Waals surface area contributed by atoms with Gasteiger partial charge >= 0.3 is 0 Å². The van der Waals surface area contributed by atoms with Gasteiger partial charge in [-0.25, -0.2) is 12.8 Å². The van der Waals surface area contributed by atoms with Crippen molar-refractivity contribution in [2.75, 3.05) is 38.0 Å². The van der Waals surface area contributed by atoms with Gasteiger partial charge in [-0.05, 0) is 67.4 Å². The highest BCUT2D eigenvalue weighted by atomic mass is 79.9. The van der Waals surface area contributed by atoms with Crippen molar-refractivity contribution in [3.63, 3.8) is 0 Å². The van der Waals surface area contributed by atoms with Crippen LogP contribution < -0.4 is 5.32 Å². The van der Waals surface area contributed by atoms with E-state index >= 15 is 0 Å². The van der Waals surface area contributed by atoms with Crippen LogP contribution in [0.3, 0.4) is 0 Å². The summed E-state index contributed by atoms with van der Waals surface area (Å²) < 4.78 is 41.8. The molecule has 0 atom stereocenters. The maximum Gasteiger partial charge on any atom is 0.243 e. The summed E-state index contributed by atoms with van der Waals surface area (Å²) in [5, 5.41) is 2.74. The Morgan fingerprint density at radius 1 is 1.10 bits per heavy atom. The number of carbonyl (C=O) groups is 1. The predicted octanol–water partition coefficient (Wildman–Crippen LogP) is 3.49. The second-order valence-corrected chi connectivity index (χ2v) is 10.0. The van der Waals surface area contributed by atoms with E-state index in [-0.39, 0.29) is 18.3 Å². The number of hydrogen-bond donors (Lipinski definition) is 1. The van der Waals surface area contributed by atoms with Crippen LogP contribution in [0, 0.1) is 5.82 Å². The van der Waals surface area contributed by atoms with Gasteiger partial charge in [-0.2, -0.15) is 4.31 Å². The average molecular weight is 498 g/mol. The Morgan fingerprint density at radius 3 is 2.53 bits per heavy atom. The first kappa shape index (κ1) is 22.9. The molecule has 0 spiro atoms. The molecule has 1 aliphatic rings. The van der Waals surface area contributed by atoms with Gasteiger partial charge < -0.3 is 5.32 Å². The summed E-state index contributed by atoms with van der Waals surface area (Å²) in [5.74, 6) is -0.571. The smallest absolute Gasteiger partial charge is 0.243 e. The fourth-order valence-corrected chi connectivity index (χ4v) is 5.65. The molecule has 1 saturated heterocycles. The second-order valence-electron chi connectivity index (χ2n) is 7.19. The van der Waals surface area contributed by atoms with Crippen molar-refractivity contribution in [2.45, 2.75) is 24.7 Å². The lowest BCUT2D eigenvalue weighted by Crippen LogP contribution is -2.38. The molecule has 1 amide bonds. The van der Waals surface area contributed by atoms with Crippen molar-refractivity contribution in [1.82, 2.24) is 9.21 Å². The fraction of sp³-hybridized carbons (Fsp3) is 0.381. The van der Waals surface area contributed by atoms with Gasteiger partial charge in [0.25, 0.3) is 0 Å². The highest BCUT2D eigenvalue weighted by Crippen LogP contribution is 2.25. The van der Waals surface area contributed by atoms with Crippen LogP contribution in [0.5, 0.6) is 0 Å². The summed E-state index contributed by atoms with van der Waals surface area (Å²) in [7, 11) is -3.60. The van der Waals surface area contributed by atoms with Gasteiger partial charge in [0.15, 0.2) is 0 Å². The molecular weight excluding hydrogens is 473 g/mol. The van der Waals surface area contributed by atoms with Crippen molar-refractivity contribution in [1.29, 1.82) is 0 Å². The van der Waals surface area contributed by atoms with E-state index in [4.69, 9.17) is 0 Å². The molecule has 3 rings (SSSR count). The molecule has 162 valence electrons. The van der Waals surface area contributed by atoms with Crippen LogP contribution in [-0.2, 0) is 21.2 Å². The van der Waals surface area contributed by atoms with Crippen LogP contribution in [0.25, 0.3) is 0 Å². The van der Waals surface area contributed by atoms with Crippen LogP contribution in [0.4, 0.5) is 10.1 Å². The Labute approximate surface area is 185 Å². The SMILES string of the molecule is CCc1cc(Br)ccc1S(=O)(=O)N1CCCN(CC(=O)Nc2ccc(F)cc2)CC1. The molecule has 0 unspecified atom stereocenters. The largest absolute Gasteiger partial charge is 0.325 e. The van der Waals surface area contributed by atoms with E-state index in [1.165, 1.54) is 28.6 Å². The van der Waals surface area contributed by atoms with E-state index in [9.17, 15) is 17.6 Å². The maximum absolute atomic E-state index is 13.2. The van der Waals surface area contributed by atoms with E-state index in [1.54, 1.807) is 12.1 Å². The highest BCUT2D eigenvalue weighted by molar-refractivity contribution is 9.10. The molecule has 1 fully saturated rings. The minimum absolute atomic E-state index is 0.157. The second kappa shape index (κ2) is 10.00. The number of hydrogen-bond acceptors (Lipinski definition) is 4. The molecule has 30 heavy (non-hydrogen) atoms. The number of carbonyl (C=O) groups excluding carboxylic acids is 1. The summed E-state index contributed by atoms with van der Waals surface area (Å²) >= 11 is 3.40. The Bertz CT molecular complexity index is 999. The molecule has 0 aliphatic carbocycles. The lowest BCUT2D eigenvalue weighted by atomic mass is 10.2. The average Bonchev–Trinajstić information content (AvgIpc) is 2.95. The zero-order chi connectivity index (χ0) is 21.7. The lowest BCUT2D eigenvalue weighted by molar-refractivity contribution is -0.117. The minimum atomic E-state index is -3.60. The number of nitrogens with one attached hydrogen (secondary N) is 1. The Morgan fingerprint density at radius 2 is 1.83 bits per heavy atom. The predicted molar refractivity (Wildman–Crippen MR) is 118 cm³/mol. The molecule has 1 aliphatic heterocycles. The molecule has 0 radical (unpaired) electrons. The first-order valence-electron chi connectivity index (χ1n) is 9.86. The molecule has 6 nitrogen and oxygen atoms in total. The molecular formula is C21H25BrFN3O3S. The fourth-order valence-electron chi connectivity index (χ4n) is 3.50. The van der Waals surface area contributed by atoms with E-state index in [0.717, 1.165) is 10.0 Å². The number of amides is 1. The summed E-state index contributed by atoms with van der Waals surface area (Å²) in [6.45, 7) is 3.93. The van der Waals surface area contributed by atoms with Crippen LogP contribution in [0.15, 0.2) is 51.8 Å². The monoisotopic (exact) mass is 497 g/mol. The molecule has 0 saturated carbocycles. The topological polar surface area (TPSA) is 69.7 Å². The van der Waals surface area contributed by atoms with E-state index in [1.807, 2.05) is 17.9 Å². The van der Waals surface area contributed by atoms with Gasteiger partial charge in [0.1, 0.15) is 5.82 Å². The number of benzene rings is 2. The lowest BCUT2D eigenvalue weighted by Gasteiger charge is -2.22. The molecule has 1 N–H and O–H groups in total. The van der Waals surface area contributed by atoms with Crippen molar-refractivity contribution >= 4 is 37.5 Å². The first-order chi connectivity index (χ1) is 14.3. The molecule has 0 bridgehead atoms.